The lowest BCUT2D eigenvalue weighted by Crippen LogP contribution is -2.44. The van der Waals surface area contributed by atoms with Gasteiger partial charge in [0.05, 0.1) is 12.1 Å². The number of hydrogen-bond acceptors (Lipinski definition) is 5. The van der Waals surface area contributed by atoms with Crippen LogP contribution in [0.25, 0.3) is 21.2 Å². The molecule has 0 unspecified atom stereocenters. The molecule has 0 saturated heterocycles. The molecule has 44 heavy (non-hydrogen) atoms. The van der Waals surface area contributed by atoms with Crippen molar-refractivity contribution in [2.24, 2.45) is 0 Å². The van der Waals surface area contributed by atoms with E-state index in [2.05, 4.69) is 5.32 Å². The highest BCUT2D eigenvalue weighted by atomic mass is 35.5. The van der Waals surface area contributed by atoms with Crippen LogP contribution >= 0.6 is 22.9 Å². The average Bonchev–Trinajstić information content (AvgIpc) is 3.36. The molecule has 0 atom stereocenters. The van der Waals surface area contributed by atoms with Crippen LogP contribution in [-0.4, -0.2) is 54.3 Å². The minimum atomic E-state index is -5.08. The van der Waals surface area contributed by atoms with Gasteiger partial charge in [0.15, 0.2) is 0 Å². The van der Waals surface area contributed by atoms with E-state index >= 15 is 4.39 Å². The second kappa shape index (κ2) is 14.4. The van der Waals surface area contributed by atoms with Crippen LogP contribution in [0.1, 0.15) is 40.9 Å². The molecule has 234 valence electrons. The van der Waals surface area contributed by atoms with Crippen molar-refractivity contribution in [3.63, 3.8) is 0 Å². The average molecular weight is 651 g/mol. The van der Waals surface area contributed by atoms with Gasteiger partial charge in [-0.25, -0.2) is 9.18 Å². The van der Waals surface area contributed by atoms with Crippen molar-refractivity contribution in [2.45, 2.75) is 50.5 Å². The maximum Gasteiger partial charge on any atom is 0.490 e. The Bertz CT molecular complexity index is 1600. The second-order valence-electron chi connectivity index (χ2n) is 10.3. The summed E-state index contributed by atoms with van der Waals surface area (Å²) in [6, 6.07) is 21.0. The van der Waals surface area contributed by atoms with Crippen LogP contribution in [0.3, 0.4) is 0 Å². The van der Waals surface area contributed by atoms with Gasteiger partial charge in [0.2, 0.25) is 0 Å². The molecule has 12 heteroatoms. The fourth-order valence-electron chi connectivity index (χ4n) is 5.17. The van der Waals surface area contributed by atoms with Gasteiger partial charge in [-0.1, -0.05) is 48.0 Å². The first-order valence-corrected chi connectivity index (χ1v) is 15.0. The molecule has 1 aromatic heterocycles. The Morgan fingerprint density at radius 2 is 1.64 bits per heavy atom. The van der Waals surface area contributed by atoms with Crippen molar-refractivity contribution in [3.8, 4) is 16.9 Å². The van der Waals surface area contributed by atoms with Gasteiger partial charge >= 0.3 is 12.1 Å². The number of nitrogens with one attached hydrogen (secondary N) is 1. The highest BCUT2D eigenvalue weighted by Crippen LogP contribution is 2.38. The second-order valence-corrected chi connectivity index (χ2v) is 11.7. The molecule has 1 saturated carbocycles. The summed E-state index contributed by atoms with van der Waals surface area (Å²) in [5.74, 6) is -2.44. The normalized spacial score (nSPS) is 16.6. The Morgan fingerprint density at radius 1 is 1.02 bits per heavy atom. The molecule has 0 radical (unpaired) electrons. The number of thiophene rings is 1. The van der Waals surface area contributed by atoms with Crippen LogP contribution in [0.15, 0.2) is 66.7 Å². The molecule has 6 nitrogen and oxygen atoms in total. The van der Waals surface area contributed by atoms with Crippen LogP contribution in [0.4, 0.5) is 17.6 Å². The van der Waals surface area contributed by atoms with Gasteiger partial charge < -0.3 is 20.1 Å². The molecule has 0 bridgehead atoms. The molecule has 0 spiro atoms. The molecule has 1 fully saturated rings. The number of methoxy groups -OCH3 is 1. The summed E-state index contributed by atoms with van der Waals surface area (Å²) in [7, 11) is 3.61. The van der Waals surface area contributed by atoms with E-state index in [0.717, 1.165) is 52.6 Å². The van der Waals surface area contributed by atoms with E-state index in [4.69, 9.17) is 26.2 Å². The van der Waals surface area contributed by atoms with Crippen molar-refractivity contribution < 1.29 is 37.0 Å². The zero-order valence-electron chi connectivity index (χ0n) is 24.0. The number of carbonyl (C=O) groups is 2. The lowest BCUT2D eigenvalue weighted by molar-refractivity contribution is -0.192. The van der Waals surface area contributed by atoms with Gasteiger partial charge in [0, 0.05) is 34.3 Å². The predicted molar refractivity (Wildman–Crippen MR) is 164 cm³/mol. The Balaban J connectivity index is 0.000000566. The molecular weight excluding hydrogens is 620 g/mol. The zero-order valence-corrected chi connectivity index (χ0v) is 25.5. The van der Waals surface area contributed by atoms with Gasteiger partial charge in [0.25, 0.3) is 5.91 Å². The summed E-state index contributed by atoms with van der Waals surface area (Å²) in [5.41, 5.74) is 2.35. The maximum absolute atomic E-state index is 15.2. The summed E-state index contributed by atoms with van der Waals surface area (Å²) >= 11 is 8.12. The lowest BCUT2D eigenvalue weighted by atomic mass is 9.89. The molecule has 0 aliphatic heterocycles. The number of benzene rings is 3. The third-order valence-electron chi connectivity index (χ3n) is 7.59. The number of hydrogen-bond donors (Lipinski definition) is 2. The highest BCUT2D eigenvalue weighted by Gasteiger charge is 2.38. The van der Waals surface area contributed by atoms with Crippen molar-refractivity contribution in [1.29, 1.82) is 0 Å². The van der Waals surface area contributed by atoms with Crippen LogP contribution < -0.4 is 10.1 Å². The number of fused-ring (bicyclic) bond motifs is 1. The molecule has 2 N–H and O–H groups in total. The Labute approximate surface area is 261 Å². The quantitative estimate of drug-likeness (QED) is 0.197. The van der Waals surface area contributed by atoms with E-state index in [1.807, 2.05) is 66.5 Å². The molecule has 1 aliphatic rings. The minimum Gasteiger partial charge on any atom is -0.497 e. The number of amides is 1. The number of halogens is 5. The first kappa shape index (κ1) is 33.2. The van der Waals surface area contributed by atoms with E-state index in [9.17, 15) is 18.0 Å². The van der Waals surface area contributed by atoms with Crippen LogP contribution in [0.2, 0.25) is 5.02 Å². The largest absolute Gasteiger partial charge is 0.497 e. The lowest BCUT2D eigenvalue weighted by Gasteiger charge is -2.37. The maximum atomic E-state index is 15.2. The number of nitrogens with zero attached hydrogens (tertiary/aromatic N) is 1. The van der Waals surface area contributed by atoms with Crippen molar-refractivity contribution in [1.82, 2.24) is 10.2 Å². The van der Waals surface area contributed by atoms with Gasteiger partial charge in [-0.2, -0.15) is 13.2 Å². The fraction of sp³-hybridized carbons (Fsp3) is 0.312. The Morgan fingerprint density at radius 3 is 2.20 bits per heavy atom. The number of carbonyl (C=O) groups excluding carboxylic acids is 1. The molecular formula is C32H31ClF4N2O4S. The summed E-state index contributed by atoms with van der Waals surface area (Å²) < 4.78 is 53.1. The number of carboxylic acid groups (broad SMARTS) is 1. The first-order valence-electron chi connectivity index (χ1n) is 13.8. The molecule has 1 aliphatic carbocycles. The van der Waals surface area contributed by atoms with Crippen LogP contribution in [0, 0.1) is 5.82 Å². The Kier molecular flexibility index (Phi) is 10.9. The van der Waals surface area contributed by atoms with Crippen molar-refractivity contribution in [2.75, 3.05) is 14.2 Å². The zero-order chi connectivity index (χ0) is 32.0. The molecule has 4 aromatic rings. The molecule has 1 heterocycles. The number of aliphatic carboxylic acids is 1. The van der Waals surface area contributed by atoms with E-state index < -0.39 is 12.1 Å². The monoisotopic (exact) mass is 650 g/mol. The standard InChI is InChI=1S/C30H30ClFN2O2S.C2HF3O2/c1-33-22-10-12-23(13-11-22)34(30(35)29-28(31)25-5-3-4-6-27(25)37-29)18-21-17-20(9-16-26(21)32)19-7-14-24(36-2)15-8-19;3-2(4,5)1(6)7/h3-9,14-17,22-23,33H,10-13,18H2,1-2H3;(H,6,7). The van der Waals surface area contributed by atoms with Gasteiger partial charge in [-0.15, -0.1) is 11.3 Å². The summed E-state index contributed by atoms with van der Waals surface area (Å²) in [5, 5.41) is 11.8. The Hall–Kier alpha value is -3.67. The molecule has 5 rings (SSSR count). The first-order chi connectivity index (χ1) is 20.9. The predicted octanol–water partition coefficient (Wildman–Crippen LogP) is 8.18. The van der Waals surface area contributed by atoms with Gasteiger partial charge in [0.1, 0.15) is 16.4 Å². The van der Waals surface area contributed by atoms with Crippen LogP contribution in [-0.2, 0) is 11.3 Å². The number of carboxylic acids is 1. The van der Waals surface area contributed by atoms with E-state index in [0.29, 0.717) is 21.5 Å². The number of rotatable bonds is 7. The molecule has 1 amide bonds. The van der Waals surface area contributed by atoms with Crippen molar-refractivity contribution >= 4 is 44.9 Å². The third kappa shape index (κ3) is 7.88. The van der Waals surface area contributed by atoms with E-state index in [1.54, 1.807) is 13.2 Å². The number of ether oxygens (including phenoxy) is 1. The summed E-state index contributed by atoms with van der Waals surface area (Å²) in [6.07, 6.45) is -1.42. The minimum absolute atomic E-state index is 0.0161. The summed E-state index contributed by atoms with van der Waals surface area (Å²) in [6.45, 7) is 0.189. The van der Waals surface area contributed by atoms with Gasteiger partial charge in [-0.05, 0) is 74.2 Å². The smallest absolute Gasteiger partial charge is 0.490 e. The topological polar surface area (TPSA) is 78.9 Å². The third-order valence-corrected chi connectivity index (χ3v) is 9.25. The van der Waals surface area contributed by atoms with E-state index in [1.165, 1.54) is 17.4 Å². The van der Waals surface area contributed by atoms with Gasteiger partial charge in [-0.3, -0.25) is 4.79 Å². The fourth-order valence-corrected chi connectivity index (χ4v) is 6.64. The SMILES string of the molecule is CNC1CCC(N(Cc2cc(-c3ccc(OC)cc3)ccc2F)C(=O)c2sc3ccccc3c2Cl)CC1.O=C(O)C(F)(F)F. The highest BCUT2D eigenvalue weighted by molar-refractivity contribution is 7.21. The molecule has 3 aromatic carbocycles. The summed E-state index contributed by atoms with van der Waals surface area (Å²) in [4.78, 5) is 25.3. The van der Waals surface area contributed by atoms with Crippen molar-refractivity contribution in [3.05, 3.63) is 88.0 Å². The number of alkyl halides is 3. The van der Waals surface area contributed by atoms with Crippen LogP contribution in [0.5, 0.6) is 5.75 Å². The van der Waals surface area contributed by atoms with E-state index in [-0.39, 0.29) is 24.3 Å².